The lowest BCUT2D eigenvalue weighted by molar-refractivity contribution is 0.0948. The second-order valence-electron chi connectivity index (χ2n) is 4.45. The maximum Gasteiger partial charge on any atom is 0.273 e. The molecule has 0 aliphatic rings. The third-order valence-corrected chi connectivity index (χ3v) is 3.08. The van der Waals surface area contributed by atoms with Crippen LogP contribution in [0.25, 0.3) is 0 Å². The molecule has 7 heteroatoms. The summed E-state index contributed by atoms with van der Waals surface area (Å²) in [7, 11) is 3.19. The Bertz CT molecular complexity index is 624. The second kappa shape index (κ2) is 6.74. The monoisotopic (exact) mass is 290 g/mol. The van der Waals surface area contributed by atoms with Gasteiger partial charge in [0.15, 0.2) is 17.2 Å². The molecule has 112 valence electrons. The number of carbonyl (C=O) groups excluding carboxylic acids is 1. The highest BCUT2D eigenvalue weighted by molar-refractivity contribution is 5.93. The summed E-state index contributed by atoms with van der Waals surface area (Å²) in [6.45, 7) is 2.23. The van der Waals surface area contributed by atoms with E-state index in [-0.39, 0.29) is 5.91 Å². The molecule has 7 nitrogen and oxygen atoms in total. The number of aromatic nitrogens is 3. The number of benzene rings is 1. The Morgan fingerprint density at radius 2 is 2.00 bits per heavy atom. The smallest absolute Gasteiger partial charge is 0.273 e. The SMILES string of the molecule is COc1ccc(CCNC(=O)c2n[nH]nc2C)cc1OC. The molecule has 0 fully saturated rings. The number of carbonyl (C=O) groups is 1. The summed E-state index contributed by atoms with van der Waals surface area (Å²) in [4.78, 5) is 11.9. The Labute approximate surface area is 122 Å². The molecule has 0 unspecified atom stereocenters. The third kappa shape index (κ3) is 3.50. The van der Waals surface area contributed by atoms with E-state index in [1.165, 1.54) is 0 Å². The van der Waals surface area contributed by atoms with E-state index in [2.05, 4.69) is 20.7 Å². The van der Waals surface area contributed by atoms with Crippen molar-refractivity contribution in [2.75, 3.05) is 20.8 Å². The van der Waals surface area contributed by atoms with Gasteiger partial charge in [0.2, 0.25) is 0 Å². The fourth-order valence-corrected chi connectivity index (χ4v) is 1.94. The highest BCUT2D eigenvalue weighted by Crippen LogP contribution is 2.27. The van der Waals surface area contributed by atoms with Crippen molar-refractivity contribution in [2.45, 2.75) is 13.3 Å². The van der Waals surface area contributed by atoms with Crippen molar-refractivity contribution in [3.05, 3.63) is 35.2 Å². The minimum Gasteiger partial charge on any atom is -0.493 e. The molecular weight excluding hydrogens is 272 g/mol. The summed E-state index contributed by atoms with van der Waals surface area (Å²) in [5.74, 6) is 1.12. The van der Waals surface area contributed by atoms with Crippen LogP contribution in [-0.2, 0) is 6.42 Å². The lowest BCUT2D eigenvalue weighted by atomic mass is 10.1. The number of rotatable bonds is 6. The summed E-state index contributed by atoms with van der Waals surface area (Å²) in [5, 5.41) is 12.9. The van der Waals surface area contributed by atoms with Gasteiger partial charge in [-0.3, -0.25) is 4.79 Å². The predicted octanol–water partition coefficient (Wildman–Crippen LogP) is 1.10. The molecule has 1 aromatic carbocycles. The first-order valence-corrected chi connectivity index (χ1v) is 6.52. The zero-order valence-electron chi connectivity index (χ0n) is 12.3. The predicted molar refractivity (Wildman–Crippen MR) is 76.7 cm³/mol. The summed E-state index contributed by atoms with van der Waals surface area (Å²) >= 11 is 0. The topological polar surface area (TPSA) is 89.1 Å². The van der Waals surface area contributed by atoms with Crippen LogP contribution in [0.2, 0.25) is 0 Å². The molecule has 1 heterocycles. The van der Waals surface area contributed by atoms with E-state index in [1.807, 2.05) is 18.2 Å². The minimum absolute atomic E-state index is 0.235. The molecular formula is C14H18N4O3. The van der Waals surface area contributed by atoms with Gasteiger partial charge in [0, 0.05) is 6.54 Å². The van der Waals surface area contributed by atoms with E-state index >= 15 is 0 Å². The van der Waals surface area contributed by atoms with E-state index in [1.54, 1.807) is 21.1 Å². The Morgan fingerprint density at radius 3 is 2.62 bits per heavy atom. The van der Waals surface area contributed by atoms with Gasteiger partial charge < -0.3 is 14.8 Å². The first kappa shape index (κ1) is 14.8. The summed E-state index contributed by atoms with van der Waals surface area (Å²) in [6.07, 6.45) is 0.684. The van der Waals surface area contributed by atoms with E-state index in [0.29, 0.717) is 35.9 Å². The van der Waals surface area contributed by atoms with Crippen LogP contribution in [0, 0.1) is 6.92 Å². The van der Waals surface area contributed by atoms with E-state index < -0.39 is 0 Å². The molecule has 2 aromatic rings. The summed E-state index contributed by atoms with van der Waals surface area (Å²) < 4.78 is 10.4. The van der Waals surface area contributed by atoms with E-state index in [4.69, 9.17) is 9.47 Å². The molecule has 1 amide bonds. The zero-order chi connectivity index (χ0) is 15.2. The molecule has 0 spiro atoms. The van der Waals surface area contributed by atoms with Crippen molar-refractivity contribution in [1.29, 1.82) is 0 Å². The lowest BCUT2D eigenvalue weighted by Gasteiger charge is -2.09. The molecule has 0 atom stereocenters. The van der Waals surface area contributed by atoms with Gasteiger partial charge in [-0.2, -0.15) is 15.4 Å². The molecule has 0 saturated heterocycles. The number of nitrogens with one attached hydrogen (secondary N) is 2. The van der Waals surface area contributed by atoms with Gasteiger partial charge in [0.25, 0.3) is 5.91 Å². The molecule has 2 N–H and O–H groups in total. The highest BCUT2D eigenvalue weighted by Gasteiger charge is 2.12. The van der Waals surface area contributed by atoms with Gasteiger partial charge in [-0.15, -0.1) is 0 Å². The normalized spacial score (nSPS) is 10.2. The molecule has 0 radical (unpaired) electrons. The zero-order valence-corrected chi connectivity index (χ0v) is 12.3. The molecule has 0 aliphatic heterocycles. The average molecular weight is 290 g/mol. The van der Waals surface area contributed by atoms with Crippen LogP contribution in [0.5, 0.6) is 11.5 Å². The van der Waals surface area contributed by atoms with Gasteiger partial charge in [0.05, 0.1) is 19.9 Å². The number of hydrogen-bond acceptors (Lipinski definition) is 5. The lowest BCUT2D eigenvalue weighted by Crippen LogP contribution is -2.26. The first-order valence-electron chi connectivity index (χ1n) is 6.52. The van der Waals surface area contributed by atoms with Crippen LogP contribution in [-0.4, -0.2) is 42.1 Å². The number of aryl methyl sites for hydroxylation is 1. The minimum atomic E-state index is -0.235. The standard InChI is InChI=1S/C14H18N4O3/c1-9-13(17-18-16-9)14(19)15-7-6-10-4-5-11(20-2)12(8-10)21-3/h4-5,8H,6-7H2,1-3H3,(H,15,19)(H,16,17,18). The van der Waals surface area contributed by atoms with Crippen LogP contribution < -0.4 is 14.8 Å². The molecule has 1 aromatic heterocycles. The molecule has 0 saturated carbocycles. The van der Waals surface area contributed by atoms with Gasteiger partial charge >= 0.3 is 0 Å². The van der Waals surface area contributed by atoms with Gasteiger partial charge in [-0.05, 0) is 31.0 Å². The number of nitrogens with zero attached hydrogens (tertiary/aromatic N) is 2. The fraction of sp³-hybridized carbons (Fsp3) is 0.357. The Kier molecular flexibility index (Phi) is 4.76. The van der Waals surface area contributed by atoms with Crippen molar-refractivity contribution in [2.24, 2.45) is 0 Å². The van der Waals surface area contributed by atoms with Crippen molar-refractivity contribution in [3.8, 4) is 11.5 Å². The van der Waals surface area contributed by atoms with Gasteiger partial charge in [-0.25, -0.2) is 0 Å². The largest absolute Gasteiger partial charge is 0.493 e. The van der Waals surface area contributed by atoms with Crippen molar-refractivity contribution < 1.29 is 14.3 Å². The first-order chi connectivity index (χ1) is 10.2. The average Bonchev–Trinajstić information content (AvgIpc) is 2.93. The van der Waals surface area contributed by atoms with Crippen LogP contribution in [0.1, 0.15) is 21.7 Å². The van der Waals surface area contributed by atoms with Gasteiger partial charge in [0.1, 0.15) is 0 Å². The molecule has 2 rings (SSSR count). The third-order valence-electron chi connectivity index (χ3n) is 3.08. The number of ether oxygens (including phenoxy) is 2. The van der Waals surface area contributed by atoms with Gasteiger partial charge in [-0.1, -0.05) is 6.07 Å². The molecule has 0 aliphatic carbocycles. The number of amides is 1. The van der Waals surface area contributed by atoms with Crippen LogP contribution in [0.3, 0.4) is 0 Å². The van der Waals surface area contributed by atoms with E-state index in [0.717, 1.165) is 5.56 Å². The van der Waals surface area contributed by atoms with E-state index in [9.17, 15) is 4.79 Å². The Balaban J connectivity index is 1.92. The quantitative estimate of drug-likeness (QED) is 0.831. The Morgan fingerprint density at radius 1 is 1.24 bits per heavy atom. The van der Waals surface area contributed by atoms with Crippen molar-refractivity contribution in [1.82, 2.24) is 20.7 Å². The number of hydrogen-bond donors (Lipinski definition) is 2. The Hall–Kier alpha value is -2.57. The van der Waals surface area contributed by atoms with Crippen LogP contribution >= 0.6 is 0 Å². The number of methoxy groups -OCH3 is 2. The number of H-pyrrole nitrogens is 1. The van der Waals surface area contributed by atoms with Crippen LogP contribution in [0.15, 0.2) is 18.2 Å². The van der Waals surface area contributed by atoms with Crippen LogP contribution in [0.4, 0.5) is 0 Å². The maximum atomic E-state index is 11.9. The second-order valence-corrected chi connectivity index (χ2v) is 4.45. The fourth-order valence-electron chi connectivity index (χ4n) is 1.94. The highest BCUT2D eigenvalue weighted by atomic mass is 16.5. The maximum absolute atomic E-state index is 11.9. The summed E-state index contributed by atoms with van der Waals surface area (Å²) in [5.41, 5.74) is 1.95. The molecule has 0 bridgehead atoms. The van der Waals surface area contributed by atoms with Crippen molar-refractivity contribution >= 4 is 5.91 Å². The molecule has 21 heavy (non-hydrogen) atoms. The number of aromatic amines is 1. The van der Waals surface area contributed by atoms with Crippen molar-refractivity contribution in [3.63, 3.8) is 0 Å². The summed E-state index contributed by atoms with van der Waals surface area (Å²) in [6, 6.07) is 5.68.